The number of aromatic nitrogens is 2. The predicted molar refractivity (Wildman–Crippen MR) is 67.3 cm³/mol. The van der Waals surface area contributed by atoms with Crippen LogP contribution in [0.3, 0.4) is 0 Å². The quantitative estimate of drug-likeness (QED) is 0.872. The predicted octanol–water partition coefficient (Wildman–Crippen LogP) is 2.44. The highest BCUT2D eigenvalue weighted by atomic mass is 16.5. The van der Waals surface area contributed by atoms with Crippen LogP contribution in [0, 0.1) is 11.8 Å². The molecule has 4 nitrogen and oxygen atoms in total. The van der Waals surface area contributed by atoms with Crippen molar-refractivity contribution in [1.82, 2.24) is 15.5 Å². The standard InChI is InChI=1S/C14H21N3O/c1-2-11(8-15-5-1)14-16-13(17-18-14)12-7-9-3-4-10(12)6-9/h9-12,15H,1-8H2/t9?,10?,11-,12?/m0/s1. The molecule has 3 aliphatic rings. The van der Waals surface area contributed by atoms with Gasteiger partial charge in [-0.2, -0.15) is 4.98 Å². The highest BCUT2D eigenvalue weighted by Crippen LogP contribution is 2.52. The molecule has 98 valence electrons. The second kappa shape index (κ2) is 4.34. The van der Waals surface area contributed by atoms with Crippen LogP contribution in [-0.4, -0.2) is 23.2 Å². The summed E-state index contributed by atoms with van der Waals surface area (Å²) in [5.74, 6) is 4.70. The third-order valence-electron chi connectivity index (χ3n) is 5.17. The van der Waals surface area contributed by atoms with Gasteiger partial charge in [-0.15, -0.1) is 0 Å². The van der Waals surface area contributed by atoms with Crippen molar-refractivity contribution in [2.24, 2.45) is 11.8 Å². The second-order valence-electron chi connectivity index (χ2n) is 6.32. The van der Waals surface area contributed by atoms with Crippen molar-refractivity contribution in [3.05, 3.63) is 11.7 Å². The van der Waals surface area contributed by atoms with Gasteiger partial charge < -0.3 is 9.84 Å². The Bertz CT molecular complexity index is 424. The minimum Gasteiger partial charge on any atom is -0.339 e. The minimum absolute atomic E-state index is 0.443. The second-order valence-corrected chi connectivity index (χ2v) is 6.32. The topological polar surface area (TPSA) is 51.0 Å². The molecule has 4 rings (SSSR count). The van der Waals surface area contributed by atoms with E-state index in [2.05, 4.69) is 10.5 Å². The zero-order chi connectivity index (χ0) is 11.9. The van der Waals surface area contributed by atoms with Gasteiger partial charge in [0, 0.05) is 12.5 Å². The fourth-order valence-corrected chi connectivity index (χ4v) is 4.19. The van der Waals surface area contributed by atoms with Crippen molar-refractivity contribution < 1.29 is 4.52 Å². The summed E-state index contributed by atoms with van der Waals surface area (Å²) >= 11 is 0. The molecule has 18 heavy (non-hydrogen) atoms. The Balaban J connectivity index is 1.51. The van der Waals surface area contributed by atoms with Gasteiger partial charge in [-0.05, 0) is 50.5 Å². The van der Waals surface area contributed by atoms with Gasteiger partial charge in [0.25, 0.3) is 0 Å². The van der Waals surface area contributed by atoms with Gasteiger partial charge in [0.2, 0.25) is 5.89 Å². The fraction of sp³-hybridized carbons (Fsp3) is 0.857. The summed E-state index contributed by atoms with van der Waals surface area (Å²) in [6.45, 7) is 2.13. The maximum Gasteiger partial charge on any atom is 0.231 e. The summed E-state index contributed by atoms with van der Waals surface area (Å²) in [5.41, 5.74) is 0. The molecule has 4 atom stereocenters. The van der Waals surface area contributed by atoms with Crippen molar-refractivity contribution in [2.75, 3.05) is 13.1 Å². The summed E-state index contributed by atoms with van der Waals surface area (Å²) in [6, 6.07) is 0. The van der Waals surface area contributed by atoms with Crippen LogP contribution in [0.5, 0.6) is 0 Å². The SMILES string of the molecule is C1CNC[C@@H](c2nc(C3CC4CCC3C4)no2)C1. The van der Waals surface area contributed by atoms with Crippen LogP contribution in [0.4, 0.5) is 0 Å². The molecule has 2 aliphatic carbocycles. The maximum absolute atomic E-state index is 5.52. The maximum atomic E-state index is 5.52. The summed E-state index contributed by atoms with van der Waals surface area (Å²) in [6.07, 6.45) is 7.91. The van der Waals surface area contributed by atoms with Crippen LogP contribution in [-0.2, 0) is 0 Å². The average Bonchev–Trinajstić information content (AvgIpc) is 3.15. The van der Waals surface area contributed by atoms with Gasteiger partial charge in [-0.25, -0.2) is 0 Å². The first-order chi connectivity index (χ1) is 8.90. The summed E-state index contributed by atoms with van der Waals surface area (Å²) in [5, 5.41) is 7.69. The molecule has 2 heterocycles. The Labute approximate surface area is 108 Å². The first-order valence-corrected chi connectivity index (χ1v) is 7.44. The molecule has 3 unspecified atom stereocenters. The van der Waals surface area contributed by atoms with Crippen LogP contribution in [0.1, 0.15) is 62.1 Å². The number of nitrogens with zero attached hydrogens (tertiary/aromatic N) is 2. The van der Waals surface area contributed by atoms with Crippen molar-refractivity contribution in [2.45, 2.75) is 50.4 Å². The lowest BCUT2D eigenvalue weighted by atomic mass is 9.88. The molecule has 0 aromatic carbocycles. The van der Waals surface area contributed by atoms with E-state index in [0.717, 1.165) is 36.6 Å². The Kier molecular flexibility index (Phi) is 2.64. The van der Waals surface area contributed by atoms with E-state index in [-0.39, 0.29) is 0 Å². The molecular formula is C14H21N3O. The molecule has 1 aliphatic heterocycles. The van der Waals surface area contributed by atoms with E-state index in [0.29, 0.717) is 11.8 Å². The molecular weight excluding hydrogens is 226 g/mol. The van der Waals surface area contributed by atoms with E-state index in [1.165, 1.54) is 38.5 Å². The molecule has 1 N–H and O–H groups in total. The van der Waals surface area contributed by atoms with Gasteiger partial charge in [-0.1, -0.05) is 11.6 Å². The molecule has 1 aromatic rings. The lowest BCUT2D eigenvalue weighted by molar-refractivity contribution is 0.314. The van der Waals surface area contributed by atoms with Crippen molar-refractivity contribution in [1.29, 1.82) is 0 Å². The third-order valence-corrected chi connectivity index (χ3v) is 5.17. The number of piperidine rings is 1. The van der Waals surface area contributed by atoms with Gasteiger partial charge in [-0.3, -0.25) is 0 Å². The Morgan fingerprint density at radius 1 is 1.17 bits per heavy atom. The van der Waals surface area contributed by atoms with Gasteiger partial charge in [0.1, 0.15) is 0 Å². The van der Waals surface area contributed by atoms with Gasteiger partial charge in [0.15, 0.2) is 5.82 Å². The molecule has 3 fully saturated rings. The van der Waals surface area contributed by atoms with Crippen LogP contribution in [0.25, 0.3) is 0 Å². The highest BCUT2D eigenvalue weighted by molar-refractivity contribution is 5.08. The normalized spacial score (nSPS) is 39.3. The molecule has 0 spiro atoms. The summed E-state index contributed by atoms with van der Waals surface area (Å²) in [4.78, 5) is 4.72. The molecule has 0 amide bonds. The Morgan fingerprint density at radius 3 is 2.89 bits per heavy atom. The average molecular weight is 247 g/mol. The number of hydrogen-bond acceptors (Lipinski definition) is 4. The lowest BCUT2D eigenvalue weighted by Crippen LogP contribution is -2.28. The van der Waals surface area contributed by atoms with Crippen LogP contribution in [0.2, 0.25) is 0 Å². The van der Waals surface area contributed by atoms with E-state index < -0.39 is 0 Å². The molecule has 2 saturated carbocycles. The number of rotatable bonds is 2. The van der Waals surface area contributed by atoms with Crippen LogP contribution < -0.4 is 5.32 Å². The van der Waals surface area contributed by atoms with Crippen LogP contribution in [0.15, 0.2) is 4.52 Å². The van der Waals surface area contributed by atoms with Gasteiger partial charge in [0.05, 0.1) is 5.92 Å². The summed E-state index contributed by atoms with van der Waals surface area (Å²) in [7, 11) is 0. The molecule has 1 aromatic heterocycles. The monoisotopic (exact) mass is 247 g/mol. The van der Waals surface area contributed by atoms with E-state index >= 15 is 0 Å². The van der Waals surface area contributed by atoms with Crippen molar-refractivity contribution in [3.63, 3.8) is 0 Å². The highest BCUT2D eigenvalue weighted by Gasteiger charge is 2.42. The Morgan fingerprint density at radius 2 is 2.17 bits per heavy atom. The summed E-state index contributed by atoms with van der Waals surface area (Å²) < 4.78 is 5.52. The zero-order valence-electron chi connectivity index (χ0n) is 10.8. The first kappa shape index (κ1) is 11.0. The minimum atomic E-state index is 0.443. The van der Waals surface area contributed by atoms with Crippen molar-refractivity contribution in [3.8, 4) is 0 Å². The molecule has 2 bridgehead atoms. The molecule has 4 heteroatoms. The molecule has 0 radical (unpaired) electrons. The third kappa shape index (κ3) is 1.78. The zero-order valence-corrected chi connectivity index (χ0v) is 10.8. The fourth-order valence-electron chi connectivity index (χ4n) is 4.19. The lowest BCUT2D eigenvalue weighted by Gasteiger charge is -2.19. The first-order valence-electron chi connectivity index (χ1n) is 7.44. The number of fused-ring (bicyclic) bond motifs is 2. The van der Waals surface area contributed by atoms with Crippen LogP contribution >= 0.6 is 0 Å². The largest absolute Gasteiger partial charge is 0.339 e. The molecule has 1 saturated heterocycles. The van der Waals surface area contributed by atoms with Gasteiger partial charge >= 0.3 is 0 Å². The Hall–Kier alpha value is -0.900. The van der Waals surface area contributed by atoms with E-state index in [1.54, 1.807) is 0 Å². The van der Waals surface area contributed by atoms with Crippen molar-refractivity contribution >= 4 is 0 Å². The smallest absolute Gasteiger partial charge is 0.231 e. The van der Waals surface area contributed by atoms with E-state index in [4.69, 9.17) is 9.51 Å². The van der Waals surface area contributed by atoms with E-state index in [9.17, 15) is 0 Å². The number of nitrogens with one attached hydrogen (secondary N) is 1. The number of hydrogen-bond donors (Lipinski definition) is 1. The van der Waals surface area contributed by atoms with E-state index in [1.807, 2.05) is 0 Å².